The van der Waals surface area contributed by atoms with Gasteiger partial charge in [0.1, 0.15) is 10.8 Å². The smallest absolute Gasteiger partial charge is 0.135 e. The number of nitrogens with two attached hydrogens (primary N) is 1. The van der Waals surface area contributed by atoms with Gasteiger partial charge >= 0.3 is 0 Å². The molecule has 1 aromatic rings. The maximum absolute atomic E-state index is 7.59. The normalized spacial score (nSPS) is 21.1. The van der Waals surface area contributed by atoms with Gasteiger partial charge in [-0.25, -0.2) is 4.98 Å². The number of hydrogen-bond donors (Lipinski definition) is 2. The van der Waals surface area contributed by atoms with Crippen LogP contribution in [0, 0.1) is 5.41 Å². The molecule has 100 valence electrons. The summed E-state index contributed by atoms with van der Waals surface area (Å²) in [6.07, 6.45) is 4.76. The predicted octanol–water partition coefficient (Wildman–Crippen LogP) is 2.36. The van der Waals surface area contributed by atoms with Crippen molar-refractivity contribution in [2.24, 2.45) is 5.73 Å². The van der Waals surface area contributed by atoms with Crippen molar-refractivity contribution in [3.05, 3.63) is 15.6 Å². The molecule has 4 nitrogen and oxygen atoms in total. The van der Waals surface area contributed by atoms with Gasteiger partial charge in [-0.3, -0.25) is 10.3 Å². The molecule has 1 fully saturated rings. The van der Waals surface area contributed by atoms with E-state index in [1.54, 1.807) is 11.3 Å². The van der Waals surface area contributed by atoms with E-state index < -0.39 is 0 Å². The van der Waals surface area contributed by atoms with E-state index in [0.29, 0.717) is 6.04 Å². The van der Waals surface area contributed by atoms with Crippen molar-refractivity contribution in [1.82, 2.24) is 9.88 Å². The van der Waals surface area contributed by atoms with E-state index in [4.69, 9.17) is 11.1 Å². The lowest BCUT2D eigenvalue weighted by Gasteiger charge is -2.32. The molecule has 1 unspecified atom stereocenters. The van der Waals surface area contributed by atoms with Crippen molar-refractivity contribution in [2.75, 3.05) is 6.54 Å². The number of aromatic nitrogens is 1. The minimum atomic E-state index is 0.155. The summed E-state index contributed by atoms with van der Waals surface area (Å²) in [5, 5.41) is 8.69. The van der Waals surface area contributed by atoms with Crippen LogP contribution in [-0.2, 0) is 13.0 Å². The lowest BCUT2D eigenvalue weighted by atomic mass is 10.0. The van der Waals surface area contributed by atoms with Crippen molar-refractivity contribution in [3.63, 3.8) is 0 Å². The minimum Gasteiger partial charge on any atom is -0.383 e. The fourth-order valence-electron chi connectivity index (χ4n) is 2.48. The Kier molecular flexibility index (Phi) is 4.35. The topological polar surface area (TPSA) is 66.0 Å². The Morgan fingerprint density at radius 1 is 1.56 bits per heavy atom. The van der Waals surface area contributed by atoms with Gasteiger partial charge in [-0.05, 0) is 32.7 Å². The van der Waals surface area contributed by atoms with Crippen LogP contribution in [0.15, 0.2) is 0 Å². The summed E-state index contributed by atoms with van der Waals surface area (Å²) in [4.78, 5) is 7.98. The molecule has 1 aliphatic rings. The zero-order valence-electron chi connectivity index (χ0n) is 11.2. The Labute approximate surface area is 113 Å². The first-order chi connectivity index (χ1) is 8.61. The number of aryl methyl sites for hydroxylation is 1. The molecular weight excluding hydrogens is 244 g/mol. The van der Waals surface area contributed by atoms with E-state index in [-0.39, 0.29) is 5.84 Å². The molecule has 1 saturated heterocycles. The van der Waals surface area contributed by atoms with Crippen molar-refractivity contribution in [3.8, 4) is 0 Å². The number of nitrogens with zero attached hydrogens (tertiary/aromatic N) is 2. The van der Waals surface area contributed by atoms with E-state index in [9.17, 15) is 0 Å². The first kappa shape index (κ1) is 13.5. The number of piperidine rings is 1. The number of thiazole rings is 1. The zero-order chi connectivity index (χ0) is 13.1. The summed E-state index contributed by atoms with van der Waals surface area (Å²) < 4.78 is 0. The highest BCUT2D eigenvalue weighted by atomic mass is 32.1. The van der Waals surface area contributed by atoms with Gasteiger partial charge in [0.25, 0.3) is 0 Å². The molecule has 0 aliphatic carbocycles. The number of rotatable bonds is 4. The van der Waals surface area contributed by atoms with Crippen LogP contribution in [0.4, 0.5) is 0 Å². The Bertz CT molecular complexity index is 427. The molecule has 2 heterocycles. The number of amidine groups is 1. The Balaban J connectivity index is 2.11. The van der Waals surface area contributed by atoms with Gasteiger partial charge in [0, 0.05) is 6.04 Å². The zero-order valence-corrected chi connectivity index (χ0v) is 12.0. The molecule has 0 bridgehead atoms. The summed E-state index contributed by atoms with van der Waals surface area (Å²) in [7, 11) is 0. The van der Waals surface area contributed by atoms with Gasteiger partial charge in [-0.15, -0.1) is 11.3 Å². The third-order valence-electron chi connectivity index (χ3n) is 3.60. The van der Waals surface area contributed by atoms with E-state index in [2.05, 4.69) is 23.7 Å². The van der Waals surface area contributed by atoms with Gasteiger partial charge < -0.3 is 5.73 Å². The van der Waals surface area contributed by atoms with Crippen molar-refractivity contribution in [2.45, 2.75) is 52.1 Å². The molecule has 5 heteroatoms. The number of hydrogen-bond acceptors (Lipinski definition) is 4. The highest BCUT2D eigenvalue weighted by Gasteiger charge is 2.20. The van der Waals surface area contributed by atoms with Crippen LogP contribution in [0.25, 0.3) is 0 Å². The third kappa shape index (κ3) is 2.90. The number of nitrogen functional groups attached to an aromatic ring is 1. The molecule has 1 aliphatic heterocycles. The largest absolute Gasteiger partial charge is 0.383 e. The molecule has 1 aromatic heterocycles. The average molecular weight is 266 g/mol. The molecule has 1 atom stereocenters. The molecule has 0 aromatic carbocycles. The Morgan fingerprint density at radius 2 is 2.33 bits per heavy atom. The summed E-state index contributed by atoms with van der Waals surface area (Å²) in [6, 6.07) is 0.647. The van der Waals surface area contributed by atoms with Gasteiger partial charge in [0.05, 0.1) is 17.1 Å². The second-order valence-corrected chi connectivity index (χ2v) is 6.05. The van der Waals surface area contributed by atoms with E-state index in [0.717, 1.165) is 35.1 Å². The second kappa shape index (κ2) is 5.80. The second-order valence-electron chi connectivity index (χ2n) is 4.97. The van der Waals surface area contributed by atoms with Gasteiger partial charge in [0.2, 0.25) is 0 Å². The van der Waals surface area contributed by atoms with E-state index in [1.165, 1.54) is 19.3 Å². The van der Waals surface area contributed by atoms with Gasteiger partial charge in [-0.2, -0.15) is 0 Å². The molecule has 0 spiro atoms. The van der Waals surface area contributed by atoms with Gasteiger partial charge in [0.15, 0.2) is 0 Å². The Hall–Kier alpha value is -0.940. The molecule has 18 heavy (non-hydrogen) atoms. The summed E-state index contributed by atoms with van der Waals surface area (Å²) in [6.45, 7) is 6.43. The molecule has 0 saturated carbocycles. The fraction of sp³-hybridized carbons (Fsp3) is 0.692. The van der Waals surface area contributed by atoms with Gasteiger partial charge in [-0.1, -0.05) is 13.3 Å². The summed E-state index contributed by atoms with van der Waals surface area (Å²) in [5.41, 5.74) is 6.58. The Morgan fingerprint density at radius 3 is 2.89 bits per heavy atom. The third-order valence-corrected chi connectivity index (χ3v) is 4.72. The lowest BCUT2D eigenvalue weighted by molar-refractivity contribution is 0.152. The van der Waals surface area contributed by atoms with Crippen LogP contribution < -0.4 is 5.73 Å². The minimum absolute atomic E-state index is 0.155. The standard InChI is InChI=1S/C13H22N4S/c1-3-10-12(13(14)15)18-11(16-10)8-17-7-5-4-6-9(17)2/h9H,3-8H2,1-2H3,(H3,14,15). The van der Waals surface area contributed by atoms with Crippen LogP contribution in [0.3, 0.4) is 0 Å². The monoisotopic (exact) mass is 266 g/mol. The van der Waals surface area contributed by atoms with Crippen LogP contribution >= 0.6 is 11.3 Å². The molecule has 0 radical (unpaired) electrons. The maximum Gasteiger partial charge on any atom is 0.135 e. The van der Waals surface area contributed by atoms with Crippen molar-refractivity contribution in [1.29, 1.82) is 5.41 Å². The van der Waals surface area contributed by atoms with Crippen molar-refractivity contribution < 1.29 is 0 Å². The lowest BCUT2D eigenvalue weighted by Crippen LogP contribution is -2.36. The highest BCUT2D eigenvalue weighted by Crippen LogP contribution is 2.24. The quantitative estimate of drug-likeness (QED) is 0.649. The number of likely N-dealkylation sites (tertiary alicyclic amines) is 1. The first-order valence-corrected chi connectivity index (χ1v) is 7.50. The SMILES string of the molecule is CCc1nc(CN2CCCCC2C)sc1C(=N)N. The molecule has 3 N–H and O–H groups in total. The van der Waals surface area contributed by atoms with Crippen LogP contribution in [0.1, 0.15) is 48.7 Å². The van der Waals surface area contributed by atoms with Crippen LogP contribution in [0.5, 0.6) is 0 Å². The highest BCUT2D eigenvalue weighted by molar-refractivity contribution is 7.13. The predicted molar refractivity (Wildman–Crippen MR) is 76.2 cm³/mol. The van der Waals surface area contributed by atoms with Crippen LogP contribution in [-0.4, -0.2) is 28.3 Å². The fourth-order valence-corrected chi connectivity index (χ4v) is 3.52. The number of nitrogens with one attached hydrogen (secondary N) is 1. The van der Waals surface area contributed by atoms with E-state index >= 15 is 0 Å². The summed E-state index contributed by atoms with van der Waals surface area (Å²) >= 11 is 1.59. The summed E-state index contributed by atoms with van der Waals surface area (Å²) in [5.74, 6) is 0.155. The maximum atomic E-state index is 7.59. The molecule has 2 rings (SSSR count). The average Bonchev–Trinajstić information content (AvgIpc) is 2.75. The van der Waals surface area contributed by atoms with Crippen molar-refractivity contribution >= 4 is 17.2 Å². The molecular formula is C13H22N4S. The van der Waals surface area contributed by atoms with Crippen LogP contribution in [0.2, 0.25) is 0 Å². The van der Waals surface area contributed by atoms with E-state index in [1.807, 2.05) is 0 Å². The first-order valence-electron chi connectivity index (χ1n) is 6.68. The molecule has 0 amide bonds.